The molecule has 0 aliphatic rings. The smallest absolute Gasteiger partial charge is 0.254 e. The highest BCUT2D eigenvalue weighted by Gasteiger charge is 2.06. The largest absolute Gasteiger partial charge is 0.378 e. The van der Waals surface area contributed by atoms with Crippen molar-refractivity contribution in [2.45, 2.75) is 13.8 Å². The summed E-state index contributed by atoms with van der Waals surface area (Å²) in [6.07, 6.45) is 0. The molecule has 0 saturated carbocycles. The molecular weight excluding hydrogens is 226 g/mol. The maximum Gasteiger partial charge on any atom is 0.254 e. The molecule has 4 heteroatoms. The molecule has 0 amide bonds. The Labute approximate surface area is 106 Å². The van der Waals surface area contributed by atoms with Crippen molar-refractivity contribution in [2.24, 2.45) is 0 Å². The van der Waals surface area contributed by atoms with E-state index in [0.29, 0.717) is 11.4 Å². The van der Waals surface area contributed by atoms with Crippen molar-refractivity contribution >= 4 is 5.69 Å². The van der Waals surface area contributed by atoms with Crippen molar-refractivity contribution in [3.63, 3.8) is 0 Å². The zero-order valence-electron chi connectivity index (χ0n) is 11.1. The van der Waals surface area contributed by atoms with E-state index in [0.717, 1.165) is 16.9 Å². The number of rotatable bonds is 2. The number of aromatic amines is 1. The lowest BCUT2D eigenvalue weighted by Gasteiger charge is -2.12. The van der Waals surface area contributed by atoms with Crippen molar-refractivity contribution in [3.8, 4) is 11.4 Å². The first-order chi connectivity index (χ1) is 8.49. The molecule has 0 radical (unpaired) electrons. The number of nitrogens with zero attached hydrogens (tertiary/aromatic N) is 2. The van der Waals surface area contributed by atoms with Crippen LogP contribution in [0.3, 0.4) is 0 Å². The van der Waals surface area contributed by atoms with Crippen LogP contribution in [0.5, 0.6) is 0 Å². The van der Waals surface area contributed by atoms with Crippen LogP contribution in [-0.2, 0) is 0 Å². The summed E-state index contributed by atoms with van der Waals surface area (Å²) < 4.78 is 0. The summed E-state index contributed by atoms with van der Waals surface area (Å²) in [4.78, 5) is 20.9. The Bertz CT molecular complexity index is 612. The predicted octanol–water partition coefficient (Wildman–Crippen LogP) is 2.12. The van der Waals surface area contributed by atoms with Crippen LogP contribution in [0.4, 0.5) is 5.69 Å². The Morgan fingerprint density at radius 2 is 1.72 bits per heavy atom. The van der Waals surface area contributed by atoms with Crippen LogP contribution in [0.25, 0.3) is 11.4 Å². The third-order valence-corrected chi connectivity index (χ3v) is 3.05. The van der Waals surface area contributed by atoms with Crippen molar-refractivity contribution in [1.29, 1.82) is 0 Å². The molecule has 0 bridgehead atoms. The standard InChI is InChI=1S/C14H17N3O/c1-9-10(2)15-13(16-14(9)18)11-5-7-12(8-6-11)17(3)4/h5-8H,1-4H3,(H,15,16,18). The van der Waals surface area contributed by atoms with Gasteiger partial charge in [0.2, 0.25) is 0 Å². The highest BCUT2D eigenvalue weighted by atomic mass is 16.1. The van der Waals surface area contributed by atoms with E-state index in [1.807, 2.05) is 50.2 Å². The first-order valence-corrected chi connectivity index (χ1v) is 5.84. The molecule has 0 unspecified atom stereocenters. The fourth-order valence-corrected chi connectivity index (χ4v) is 1.70. The van der Waals surface area contributed by atoms with Crippen LogP contribution in [0, 0.1) is 13.8 Å². The van der Waals surface area contributed by atoms with Crippen molar-refractivity contribution < 1.29 is 0 Å². The summed E-state index contributed by atoms with van der Waals surface area (Å²) in [6, 6.07) is 7.93. The molecule has 0 aliphatic carbocycles. The Hall–Kier alpha value is -2.10. The van der Waals surface area contributed by atoms with E-state index >= 15 is 0 Å². The summed E-state index contributed by atoms with van der Waals surface area (Å²) in [5.74, 6) is 0.619. The van der Waals surface area contributed by atoms with Crippen molar-refractivity contribution in [1.82, 2.24) is 9.97 Å². The van der Waals surface area contributed by atoms with Crippen LogP contribution < -0.4 is 10.5 Å². The molecule has 1 aromatic carbocycles. The third-order valence-electron chi connectivity index (χ3n) is 3.05. The zero-order chi connectivity index (χ0) is 13.3. The molecule has 94 valence electrons. The third kappa shape index (κ3) is 2.27. The van der Waals surface area contributed by atoms with Gasteiger partial charge in [0.15, 0.2) is 0 Å². The number of benzene rings is 1. The molecule has 0 aliphatic heterocycles. The normalized spacial score (nSPS) is 10.4. The SMILES string of the molecule is Cc1nc(-c2ccc(N(C)C)cc2)[nH]c(=O)c1C. The van der Waals surface area contributed by atoms with E-state index in [-0.39, 0.29) is 5.56 Å². The summed E-state index contributed by atoms with van der Waals surface area (Å²) in [5.41, 5.74) is 3.40. The molecule has 2 aromatic rings. The molecule has 0 atom stereocenters. The number of H-pyrrole nitrogens is 1. The number of nitrogens with one attached hydrogen (secondary N) is 1. The second-order valence-electron chi connectivity index (χ2n) is 4.57. The monoisotopic (exact) mass is 243 g/mol. The van der Waals surface area contributed by atoms with Gasteiger partial charge in [0.25, 0.3) is 5.56 Å². The average molecular weight is 243 g/mol. The molecular formula is C14H17N3O. The Kier molecular flexibility index (Phi) is 3.19. The Balaban J connectivity index is 2.46. The van der Waals surface area contributed by atoms with Gasteiger partial charge in [0, 0.05) is 36.6 Å². The lowest BCUT2D eigenvalue weighted by molar-refractivity contribution is 1.03. The molecule has 0 spiro atoms. The van der Waals surface area contributed by atoms with Crippen LogP contribution >= 0.6 is 0 Å². The number of hydrogen-bond acceptors (Lipinski definition) is 3. The summed E-state index contributed by atoms with van der Waals surface area (Å²) >= 11 is 0. The van der Waals surface area contributed by atoms with Gasteiger partial charge in [-0.3, -0.25) is 4.79 Å². The van der Waals surface area contributed by atoms with Gasteiger partial charge in [-0.2, -0.15) is 0 Å². The molecule has 2 rings (SSSR count). The first-order valence-electron chi connectivity index (χ1n) is 5.84. The van der Waals surface area contributed by atoms with Crippen LogP contribution in [0.1, 0.15) is 11.3 Å². The summed E-state index contributed by atoms with van der Waals surface area (Å²) in [5, 5.41) is 0. The van der Waals surface area contributed by atoms with Gasteiger partial charge in [0.05, 0.1) is 0 Å². The second-order valence-corrected chi connectivity index (χ2v) is 4.57. The topological polar surface area (TPSA) is 49.0 Å². The van der Waals surface area contributed by atoms with Gasteiger partial charge >= 0.3 is 0 Å². The molecule has 0 fully saturated rings. The molecule has 4 nitrogen and oxygen atoms in total. The zero-order valence-corrected chi connectivity index (χ0v) is 11.1. The lowest BCUT2D eigenvalue weighted by Crippen LogP contribution is -2.14. The van der Waals surface area contributed by atoms with E-state index in [9.17, 15) is 4.79 Å². The molecule has 18 heavy (non-hydrogen) atoms. The summed E-state index contributed by atoms with van der Waals surface area (Å²) in [6.45, 7) is 3.63. The predicted molar refractivity (Wildman–Crippen MR) is 74.1 cm³/mol. The minimum absolute atomic E-state index is 0.0748. The van der Waals surface area contributed by atoms with E-state index in [1.54, 1.807) is 6.92 Å². The van der Waals surface area contributed by atoms with Gasteiger partial charge in [0.1, 0.15) is 5.82 Å². The van der Waals surface area contributed by atoms with Crippen LogP contribution in [-0.4, -0.2) is 24.1 Å². The Morgan fingerprint density at radius 1 is 1.11 bits per heavy atom. The van der Waals surface area contributed by atoms with Gasteiger partial charge in [-0.05, 0) is 38.1 Å². The van der Waals surface area contributed by atoms with Crippen LogP contribution in [0.2, 0.25) is 0 Å². The number of hydrogen-bond donors (Lipinski definition) is 1. The first kappa shape index (κ1) is 12.4. The van der Waals surface area contributed by atoms with E-state index in [1.165, 1.54) is 0 Å². The van der Waals surface area contributed by atoms with E-state index in [2.05, 4.69) is 9.97 Å². The maximum absolute atomic E-state index is 11.7. The highest BCUT2D eigenvalue weighted by molar-refractivity contribution is 5.60. The molecule has 0 saturated heterocycles. The Morgan fingerprint density at radius 3 is 2.22 bits per heavy atom. The fraction of sp³-hybridized carbons (Fsp3) is 0.286. The van der Waals surface area contributed by atoms with Crippen molar-refractivity contribution in [3.05, 3.63) is 45.9 Å². The minimum Gasteiger partial charge on any atom is -0.378 e. The fourth-order valence-electron chi connectivity index (χ4n) is 1.70. The highest BCUT2D eigenvalue weighted by Crippen LogP contribution is 2.19. The minimum atomic E-state index is -0.0748. The number of aromatic nitrogens is 2. The molecule has 1 N–H and O–H groups in total. The quantitative estimate of drug-likeness (QED) is 0.879. The van der Waals surface area contributed by atoms with Gasteiger partial charge in [-0.25, -0.2) is 4.98 Å². The van der Waals surface area contributed by atoms with E-state index < -0.39 is 0 Å². The van der Waals surface area contributed by atoms with Gasteiger partial charge in [-0.15, -0.1) is 0 Å². The number of aryl methyl sites for hydroxylation is 1. The van der Waals surface area contributed by atoms with Gasteiger partial charge < -0.3 is 9.88 Å². The number of anilines is 1. The van der Waals surface area contributed by atoms with Crippen LogP contribution in [0.15, 0.2) is 29.1 Å². The maximum atomic E-state index is 11.7. The van der Waals surface area contributed by atoms with Gasteiger partial charge in [-0.1, -0.05) is 0 Å². The molecule has 1 aromatic heterocycles. The second kappa shape index (κ2) is 4.64. The van der Waals surface area contributed by atoms with E-state index in [4.69, 9.17) is 0 Å². The average Bonchev–Trinajstić information content (AvgIpc) is 2.35. The summed E-state index contributed by atoms with van der Waals surface area (Å²) in [7, 11) is 3.98. The lowest BCUT2D eigenvalue weighted by atomic mass is 10.1. The molecule has 1 heterocycles. The van der Waals surface area contributed by atoms with Crippen molar-refractivity contribution in [2.75, 3.05) is 19.0 Å².